The van der Waals surface area contributed by atoms with E-state index in [4.69, 9.17) is 27.9 Å². The number of rotatable bonds is 8. The molecule has 1 fully saturated rings. The molecule has 13 heteroatoms. The number of nitrogens with zero attached hydrogens (tertiary/aromatic N) is 7. The molecule has 1 aliphatic heterocycles. The number of pyridine rings is 1. The Labute approximate surface area is 251 Å². The van der Waals surface area contributed by atoms with Crippen LogP contribution in [0.3, 0.4) is 0 Å². The van der Waals surface area contributed by atoms with Crippen molar-refractivity contribution in [3.05, 3.63) is 74.9 Å². The maximum Gasteiger partial charge on any atom is 0.259 e. The maximum absolute atomic E-state index is 13.2. The zero-order valence-electron chi connectivity index (χ0n) is 23.1. The zero-order valence-corrected chi connectivity index (χ0v) is 24.7. The number of halogens is 2. The lowest BCUT2D eigenvalue weighted by Crippen LogP contribution is -2.30. The number of H-pyrrole nitrogens is 1. The standard InChI is InChI=1S/C29H29Cl2N9O2/c1-39-12-10-17(11-13-39)6-7-22-23(16-33-36-22)42-25-9-8-24(37-38-25)34-29-32-15-18-14-19(28(41)40(2)27(18)35-29)26-20(30)4-3-5-21(26)31/h3-5,8-9,14-17H,6-7,10-13H2,1-2H3,(H,33,36)(H,32,34,35,37). The Morgan fingerprint density at radius 3 is 2.60 bits per heavy atom. The molecular weight excluding hydrogens is 577 g/mol. The molecular formula is C29H29Cl2N9O2. The first-order valence-corrected chi connectivity index (χ1v) is 14.4. The smallest absolute Gasteiger partial charge is 0.259 e. The summed E-state index contributed by atoms with van der Waals surface area (Å²) in [7, 11) is 3.81. The fraction of sp³-hybridized carbons (Fsp3) is 0.310. The third kappa shape index (κ3) is 5.94. The van der Waals surface area contributed by atoms with Crippen LogP contribution in [-0.4, -0.2) is 60.0 Å². The third-order valence-corrected chi connectivity index (χ3v) is 8.22. The van der Waals surface area contributed by atoms with Crippen LogP contribution in [0.5, 0.6) is 11.6 Å². The van der Waals surface area contributed by atoms with Crippen molar-refractivity contribution in [3.63, 3.8) is 0 Å². The molecule has 216 valence electrons. The van der Waals surface area contributed by atoms with Crippen LogP contribution in [0.15, 0.2) is 53.6 Å². The van der Waals surface area contributed by atoms with Gasteiger partial charge in [0.25, 0.3) is 5.56 Å². The van der Waals surface area contributed by atoms with Gasteiger partial charge in [-0.3, -0.25) is 14.5 Å². The predicted octanol–water partition coefficient (Wildman–Crippen LogP) is 5.63. The summed E-state index contributed by atoms with van der Waals surface area (Å²) in [5.41, 5.74) is 1.95. The molecule has 11 nitrogen and oxygen atoms in total. The molecule has 0 unspecified atom stereocenters. The van der Waals surface area contributed by atoms with Crippen molar-refractivity contribution in [2.75, 3.05) is 25.5 Å². The Morgan fingerprint density at radius 2 is 1.86 bits per heavy atom. The van der Waals surface area contributed by atoms with Gasteiger partial charge in [0.1, 0.15) is 5.65 Å². The first-order valence-electron chi connectivity index (χ1n) is 13.7. The summed E-state index contributed by atoms with van der Waals surface area (Å²) in [5.74, 6) is 2.38. The van der Waals surface area contributed by atoms with Crippen molar-refractivity contribution in [1.82, 2.24) is 39.8 Å². The second kappa shape index (κ2) is 12.0. The van der Waals surface area contributed by atoms with E-state index in [1.165, 1.54) is 17.4 Å². The average molecular weight is 607 g/mol. The highest BCUT2D eigenvalue weighted by Crippen LogP contribution is 2.34. The number of anilines is 2. The van der Waals surface area contributed by atoms with Gasteiger partial charge in [-0.1, -0.05) is 29.3 Å². The second-order valence-electron chi connectivity index (χ2n) is 10.5. The number of hydrogen-bond donors (Lipinski definition) is 2. The second-order valence-corrected chi connectivity index (χ2v) is 11.3. The highest BCUT2D eigenvalue weighted by atomic mass is 35.5. The molecule has 0 atom stereocenters. The Kier molecular flexibility index (Phi) is 8.05. The van der Waals surface area contributed by atoms with Crippen LogP contribution in [0.25, 0.3) is 22.2 Å². The van der Waals surface area contributed by atoms with Crippen LogP contribution in [0.2, 0.25) is 10.0 Å². The fourth-order valence-electron chi connectivity index (χ4n) is 5.18. The van der Waals surface area contributed by atoms with E-state index >= 15 is 0 Å². The molecule has 0 spiro atoms. The van der Waals surface area contributed by atoms with Crippen molar-refractivity contribution >= 4 is 46.0 Å². The van der Waals surface area contributed by atoms with E-state index in [1.54, 1.807) is 55.8 Å². The average Bonchev–Trinajstić information content (AvgIpc) is 3.43. The van der Waals surface area contributed by atoms with Gasteiger partial charge in [0, 0.05) is 30.3 Å². The summed E-state index contributed by atoms with van der Waals surface area (Å²) in [4.78, 5) is 24.5. The molecule has 1 saturated heterocycles. The van der Waals surface area contributed by atoms with E-state index in [-0.39, 0.29) is 11.5 Å². The summed E-state index contributed by atoms with van der Waals surface area (Å²) < 4.78 is 7.41. The van der Waals surface area contributed by atoms with Gasteiger partial charge in [0.2, 0.25) is 11.8 Å². The molecule has 0 bridgehead atoms. The van der Waals surface area contributed by atoms with Gasteiger partial charge in [-0.25, -0.2) is 4.98 Å². The van der Waals surface area contributed by atoms with Gasteiger partial charge < -0.3 is 15.0 Å². The molecule has 1 aliphatic rings. The van der Waals surface area contributed by atoms with Crippen LogP contribution < -0.4 is 15.6 Å². The molecule has 4 aromatic heterocycles. The molecule has 0 saturated carbocycles. The van der Waals surface area contributed by atoms with Crippen LogP contribution >= 0.6 is 23.2 Å². The summed E-state index contributed by atoms with van der Waals surface area (Å²) in [6, 6.07) is 10.2. The molecule has 1 aromatic carbocycles. The van der Waals surface area contributed by atoms with Crippen molar-refractivity contribution in [2.45, 2.75) is 25.7 Å². The van der Waals surface area contributed by atoms with Crippen LogP contribution in [0.1, 0.15) is 25.0 Å². The maximum atomic E-state index is 13.2. The van der Waals surface area contributed by atoms with Crippen LogP contribution in [-0.2, 0) is 13.5 Å². The van der Waals surface area contributed by atoms with E-state index in [0.29, 0.717) is 55.6 Å². The van der Waals surface area contributed by atoms with Gasteiger partial charge in [0.15, 0.2) is 11.6 Å². The lowest BCUT2D eigenvalue weighted by Gasteiger charge is -2.28. The number of likely N-dealkylation sites (tertiary alicyclic amines) is 1. The van der Waals surface area contributed by atoms with E-state index in [9.17, 15) is 4.79 Å². The number of aromatic amines is 1. The first-order chi connectivity index (χ1) is 20.4. The topological polar surface area (TPSA) is 127 Å². The first kappa shape index (κ1) is 28.1. The number of ether oxygens (including phenoxy) is 1. The van der Waals surface area contributed by atoms with E-state index in [0.717, 1.165) is 31.6 Å². The van der Waals surface area contributed by atoms with Crippen LogP contribution in [0, 0.1) is 5.92 Å². The molecule has 0 radical (unpaired) electrons. The highest BCUT2D eigenvalue weighted by Gasteiger charge is 2.19. The predicted molar refractivity (Wildman–Crippen MR) is 163 cm³/mol. The van der Waals surface area contributed by atoms with Crippen molar-refractivity contribution in [3.8, 4) is 22.8 Å². The molecule has 0 amide bonds. The van der Waals surface area contributed by atoms with E-state index < -0.39 is 0 Å². The number of benzene rings is 1. The van der Waals surface area contributed by atoms with Gasteiger partial charge >= 0.3 is 0 Å². The largest absolute Gasteiger partial charge is 0.434 e. The number of aryl methyl sites for hydroxylation is 2. The molecule has 0 aliphatic carbocycles. The number of piperidine rings is 1. The number of aromatic nitrogens is 7. The third-order valence-electron chi connectivity index (χ3n) is 7.59. The number of hydrogen-bond acceptors (Lipinski definition) is 9. The van der Waals surface area contributed by atoms with Crippen molar-refractivity contribution < 1.29 is 4.74 Å². The Hall–Kier alpha value is -4.06. The van der Waals surface area contributed by atoms with Gasteiger partial charge in [-0.05, 0) is 76.0 Å². The lowest BCUT2D eigenvalue weighted by molar-refractivity contribution is 0.212. The van der Waals surface area contributed by atoms with E-state index in [1.807, 2.05) is 0 Å². The monoisotopic (exact) mass is 605 g/mol. The quantitative estimate of drug-likeness (QED) is 0.231. The van der Waals surface area contributed by atoms with Gasteiger partial charge in [-0.15, -0.1) is 10.2 Å². The summed E-state index contributed by atoms with van der Waals surface area (Å²) >= 11 is 12.7. The summed E-state index contributed by atoms with van der Waals surface area (Å²) in [5, 5.41) is 20.1. The zero-order chi connectivity index (χ0) is 29.2. The SMILES string of the molecule is CN1CCC(CCc2[nH]ncc2Oc2ccc(Nc3ncc4cc(-c5c(Cl)cccc5Cl)c(=O)n(C)c4n3)nn2)CC1. The Morgan fingerprint density at radius 1 is 1.07 bits per heavy atom. The number of fused-ring (bicyclic) bond motifs is 1. The molecule has 6 rings (SSSR count). The minimum absolute atomic E-state index is 0.259. The number of nitrogens with one attached hydrogen (secondary N) is 2. The summed E-state index contributed by atoms with van der Waals surface area (Å²) in [6.45, 7) is 2.30. The Balaban J connectivity index is 1.14. The summed E-state index contributed by atoms with van der Waals surface area (Å²) in [6.07, 6.45) is 7.68. The molecule has 42 heavy (non-hydrogen) atoms. The molecule has 2 N–H and O–H groups in total. The minimum atomic E-state index is -0.284. The highest BCUT2D eigenvalue weighted by molar-refractivity contribution is 6.39. The van der Waals surface area contributed by atoms with Gasteiger partial charge in [0.05, 0.1) is 27.5 Å². The normalized spacial score (nSPS) is 14.4. The van der Waals surface area contributed by atoms with Crippen molar-refractivity contribution in [1.29, 1.82) is 0 Å². The minimum Gasteiger partial charge on any atom is -0.434 e. The van der Waals surface area contributed by atoms with Crippen molar-refractivity contribution in [2.24, 2.45) is 13.0 Å². The molecule has 5 aromatic rings. The fourth-order valence-corrected chi connectivity index (χ4v) is 5.78. The van der Waals surface area contributed by atoms with Crippen LogP contribution in [0.4, 0.5) is 11.8 Å². The molecule has 5 heterocycles. The van der Waals surface area contributed by atoms with Gasteiger partial charge in [-0.2, -0.15) is 10.1 Å². The van der Waals surface area contributed by atoms with E-state index in [2.05, 4.69) is 47.6 Å². The lowest BCUT2D eigenvalue weighted by atomic mass is 9.92. The Bertz CT molecular complexity index is 1760.